The van der Waals surface area contributed by atoms with Gasteiger partial charge in [0.05, 0.1) is 12.2 Å². The van der Waals surface area contributed by atoms with Crippen LogP contribution in [0.5, 0.6) is 0 Å². The fourth-order valence-corrected chi connectivity index (χ4v) is 3.16. The van der Waals surface area contributed by atoms with Gasteiger partial charge in [0.15, 0.2) is 0 Å². The zero-order chi connectivity index (χ0) is 20.2. The van der Waals surface area contributed by atoms with Crippen molar-refractivity contribution in [1.82, 2.24) is 14.9 Å². The van der Waals surface area contributed by atoms with E-state index in [0.29, 0.717) is 6.04 Å². The molecule has 0 saturated carbocycles. The monoisotopic (exact) mass is 390 g/mol. The Morgan fingerprint density at radius 2 is 1.81 bits per heavy atom. The van der Waals surface area contributed by atoms with Crippen LogP contribution in [0, 0.1) is 6.92 Å². The minimum atomic E-state index is -5.08. The smallest absolute Gasteiger partial charge is 0.475 e. The summed E-state index contributed by atoms with van der Waals surface area (Å²) in [5.74, 6) is -1.90. The summed E-state index contributed by atoms with van der Waals surface area (Å²) in [6.07, 6.45) is 2.01. The molecule has 1 N–H and O–H groups in total. The molecule has 2 aliphatic rings. The van der Waals surface area contributed by atoms with Crippen molar-refractivity contribution in [1.29, 1.82) is 0 Å². The normalized spacial score (nSPS) is 21.9. The number of carbonyl (C=O) groups is 1. The summed E-state index contributed by atoms with van der Waals surface area (Å²) in [7, 11) is 4.28. The number of alkyl halides is 3. The lowest BCUT2D eigenvalue weighted by molar-refractivity contribution is -0.192. The van der Waals surface area contributed by atoms with Crippen LogP contribution in [0.25, 0.3) is 0 Å². The summed E-state index contributed by atoms with van der Waals surface area (Å²) in [6, 6.07) is 0.567. The third-order valence-electron chi connectivity index (χ3n) is 4.89. The Bertz CT molecular complexity index is 629. The number of halogens is 3. The van der Waals surface area contributed by atoms with E-state index in [-0.39, 0.29) is 5.60 Å². The van der Waals surface area contributed by atoms with Crippen molar-refractivity contribution in [3.63, 3.8) is 0 Å². The van der Waals surface area contributed by atoms with Gasteiger partial charge in [-0.15, -0.1) is 0 Å². The molecule has 1 atom stereocenters. The van der Waals surface area contributed by atoms with Crippen LogP contribution in [0.1, 0.15) is 24.8 Å². The van der Waals surface area contributed by atoms with Gasteiger partial charge >= 0.3 is 12.1 Å². The summed E-state index contributed by atoms with van der Waals surface area (Å²) < 4.78 is 37.9. The Balaban J connectivity index is 0.000000321. The first-order chi connectivity index (χ1) is 12.5. The number of ether oxygens (including phenoxy) is 1. The van der Waals surface area contributed by atoms with E-state index in [9.17, 15) is 13.2 Å². The lowest BCUT2D eigenvalue weighted by Gasteiger charge is -2.38. The zero-order valence-electron chi connectivity index (χ0n) is 15.7. The Morgan fingerprint density at radius 1 is 1.30 bits per heavy atom. The van der Waals surface area contributed by atoms with Crippen LogP contribution in [0.15, 0.2) is 12.4 Å². The van der Waals surface area contributed by atoms with E-state index in [1.54, 1.807) is 0 Å². The number of piperidine rings is 1. The number of rotatable bonds is 2. The average molecular weight is 390 g/mol. The SMILES string of the molecule is Cc1cnc(N2CCC3(CC2)CC(N(C)C)CO3)nc1.O=C(O)C(F)(F)F. The first-order valence-electron chi connectivity index (χ1n) is 8.66. The van der Waals surface area contributed by atoms with Gasteiger partial charge in [-0.3, -0.25) is 0 Å². The maximum atomic E-state index is 10.6. The van der Waals surface area contributed by atoms with Gasteiger partial charge in [-0.2, -0.15) is 13.2 Å². The van der Waals surface area contributed by atoms with Crippen molar-refractivity contribution < 1.29 is 27.8 Å². The molecular formula is C17H25F3N4O3. The van der Waals surface area contributed by atoms with Crippen molar-refractivity contribution in [2.45, 2.75) is 44.0 Å². The van der Waals surface area contributed by atoms with E-state index in [0.717, 1.165) is 50.5 Å². The number of aromatic nitrogens is 2. The first kappa shape index (κ1) is 21.4. The predicted octanol–water partition coefficient (Wildman–Crippen LogP) is 2.11. The van der Waals surface area contributed by atoms with Gasteiger partial charge in [-0.1, -0.05) is 0 Å². The Hall–Kier alpha value is -1.94. The molecular weight excluding hydrogens is 365 g/mol. The van der Waals surface area contributed by atoms with Crippen molar-refractivity contribution >= 4 is 11.9 Å². The lowest BCUT2D eigenvalue weighted by atomic mass is 9.87. The maximum Gasteiger partial charge on any atom is 0.490 e. The molecule has 10 heteroatoms. The highest BCUT2D eigenvalue weighted by atomic mass is 19.4. The quantitative estimate of drug-likeness (QED) is 0.829. The number of aliphatic carboxylic acids is 1. The highest BCUT2D eigenvalue weighted by molar-refractivity contribution is 5.73. The number of nitrogens with zero attached hydrogens (tertiary/aromatic N) is 4. The number of likely N-dealkylation sites (N-methyl/N-ethyl adjacent to an activating group) is 1. The third-order valence-corrected chi connectivity index (χ3v) is 4.89. The van der Waals surface area contributed by atoms with Crippen molar-refractivity contribution in [2.75, 3.05) is 38.7 Å². The number of hydrogen-bond donors (Lipinski definition) is 1. The maximum absolute atomic E-state index is 10.6. The van der Waals surface area contributed by atoms with E-state index in [2.05, 4.69) is 33.9 Å². The van der Waals surface area contributed by atoms with E-state index in [4.69, 9.17) is 14.6 Å². The van der Waals surface area contributed by atoms with Gasteiger partial charge in [0.2, 0.25) is 5.95 Å². The molecule has 0 aliphatic carbocycles. The van der Waals surface area contributed by atoms with E-state index in [1.165, 1.54) is 0 Å². The van der Waals surface area contributed by atoms with Gasteiger partial charge in [-0.05, 0) is 45.8 Å². The molecule has 0 amide bonds. The molecule has 152 valence electrons. The van der Waals surface area contributed by atoms with Crippen LogP contribution in [-0.2, 0) is 9.53 Å². The highest BCUT2D eigenvalue weighted by Crippen LogP contribution is 2.37. The summed E-state index contributed by atoms with van der Waals surface area (Å²) in [5, 5.41) is 7.12. The first-order valence-corrected chi connectivity index (χ1v) is 8.66. The Morgan fingerprint density at radius 3 is 2.22 bits per heavy atom. The van der Waals surface area contributed by atoms with Crippen molar-refractivity contribution in [3.05, 3.63) is 18.0 Å². The lowest BCUT2D eigenvalue weighted by Crippen LogP contribution is -2.45. The van der Waals surface area contributed by atoms with Crippen LogP contribution < -0.4 is 4.90 Å². The van der Waals surface area contributed by atoms with Crippen LogP contribution in [0.3, 0.4) is 0 Å². The highest BCUT2D eigenvalue weighted by Gasteiger charge is 2.43. The van der Waals surface area contributed by atoms with Gasteiger partial charge in [-0.25, -0.2) is 14.8 Å². The average Bonchev–Trinajstić information content (AvgIpc) is 3.00. The van der Waals surface area contributed by atoms with Crippen LogP contribution in [0.2, 0.25) is 0 Å². The Kier molecular flexibility index (Phi) is 6.63. The van der Waals surface area contributed by atoms with E-state index < -0.39 is 12.1 Å². The molecule has 0 bridgehead atoms. The van der Waals surface area contributed by atoms with Gasteiger partial charge in [0, 0.05) is 31.5 Å². The standard InChI is InChI=1S/C15H24N4O.C2HF3O2/c1-12-9-16-14(17-10-12)19-6-4-15(5-7-19)8-13(11-20-15)18(2)3;3-2(4,5)1(6)7/h9-10,13H,4-8,11H2,1-3H3;(H,6,7). The molecule has 2 aliphatic heterocycles. The molecule has 3 heterocycles. The van der Waals surface area contributed by atoms with E-state index in [1.807, 2.05) is 19.3 Å². The molecule has 1 aromatic rings. The minimum absolute atomic E-state index is 0.0934. The molecule has 1 unspecified atom stereocenters. The second-order valence-corrected chi connectivity index (χ2v) is 7.17. The van der Waals surface area contributed by atoms with Gasteiger partial charge in [0.25, 0.3) is 0 Å². The van der Waals surface area contributed by atoms with Crippen molar-refractivity contribution in [3.8, 4) is 0 Å². The molecule has 2 saturated heterocycles. The third kappa shape index (κ3) is 5.77. The van der Waals surface area contributed by atoms with Crippen LogP contribution in [-0.4, -0.2) is 77.6 Å². The van der Waals surface area contributed by atoms with E-state index >= 15 is 0 Å². The van der Waals surface area contributed by atoms with Crippen molar-refractivity contribution in [2.24, 2.45) is 0 Å². The molecule has 27 heavy (non-hydrogen) atoms. The second kappa shape index (κ2) is 8.39. The molecule has 3 rings (SSSR count). The Labute approximate surface area is 156 Å². The summed E-state index contributed by atoms with van der Waals surface area (Å²) in [5.41, 5.74) is 1.20. The number of carboxylic acid groups (broad SMARTS) is 1. The fourth-order valence-electron chi connectivity index (χ4n) is 3.16. The minimum Gasteiger partial charge on any atom is -0.475 e. The topological polar surface area (TPSA) is 78.8 Å². The molecule has 0 radical (unpaired) electrons. The fraction of sp³-hybridized carbons (Fsp3) is 0.706. The largest absolute Gasteiger partial charge is 0.490 e. The molecule has 7 nitrogen and oxygen atoms in total. The number of anilines is 1. The van der Waals surface area contributed by atoms with Gasteiger partial charge < -0.3 is 19.6 Å². The molecule has 2 fully saturated rings. The summed E-state index contributed by atoms with van der Waals surface area (Å²) in [6.45, 7) is 4.86. The zero-order valence-corrected chi connectivity index (χ0v) is 15.7. The number of aryl methyl sites for hydroxylation is 1. The molecule has 1 aromatic heterocycles. The van der Waals surface area contributed by atoms with Gasteiger partial charge in [0.1, 0.15) is 0 Å². The van der Waals surface area contributed by atoms with Crippen LogP contribution >= 0.6 is 0 Å². The summed E-state index contributed by atoms with van der Waals surface area (Å²) in [4.78, 5) is 22.3. The number of hydrogen-bond acceptors (Lipinski definition) is 6. The number of carboxylic acids is 1. The summed E-state index contributed by atoms with van der Waals surface area (Å²) >= 11 is 0. The second-order valence-electron chi connectivity index (χ2n) is 7.17. The molecule has 1 spiro atoms. The van der Waals surface area contributed by atoms with Crippen LogP contribution in [0.4, 0.5) is 19.1 Å². The molecule has 0 aromatic carbocycles. The predicted molar refractivity (Wildman–Crippen MR) is 92.7 cm³/mol.